The van der Waals surface area contributed by atoms with E-state index < -0.39 is 6.61 Å². The largest absolute Gasteiger partial charge is 0.433 e. The molecule has 0 fully saturated rings. The van der Waals surface area contributed by atoms with Crippen molar-refractivity contribution in [2.75, 3.05) is 7.05 Å². The van der Waals surface area contributed by atoms with Crippen LogP contribution in [0.3, 0.4) is 0 Å². The summed E-state index contributed by atoms with van der Waals surface area (Å²) in [7, 11) is 1.55. The molecule has 0 saturated carbocycles. The van der Waals surface area contributed by atoms with Gasteiger partial charge in [0.15, 0.2) is 5.96 Å². The highest BCUT2D eigenvalue weighted by Crippen LogP contribution is 2.12. The van der Waals surface area contributed by atoms with Gasteiger partial charge in [-0.25, -0.2) is 0 Å². The Hall–Kier alpha value is -1.92. The number of alkyl halides is 2. The van der Waals surface area contributed by atoms with Crippen molar-refractivity contribution in [2.24, 2.45) is 10.7 Å². The number of halogens is 2. The van der Waals surface area contributed by atoms with Gasteiger partial charge in [-0.15, -0.1) is 0 Å². The molecule has 0 bridgehead atoms. The predicted molar refractivity (Wildman–Crippen MR) is 55.3 cm³/mol. The van der Waals surface area contributed by atoms with Gasteiger partial charge in [-0.1, -0.05) is 0 Å². The van der Waals surface area contributed by atoms with Crippen LogP contribution < -0.4 is 15.8 Å². The topological polar surface area (TPSA) is 72.5 Å². The number of aromatic nitrogens is 1. The van der Waals surface area contributed by atoms with Gasteiger partial charge in [0.05, 0.1) is 18.4 Å². The number of aliphatic imine (C=N–C) groups is 1. The fourth-order valence-corrected chi connectivity index (χ4v) is 0.948. The van der Waals surface area contributed by atoms with Crippen LogP contribution in [0.4, 0.5) is 8.78 Å². The third-order valence-electron chi connectivity index (χ3n) is 1.71. The van der Waals surface area contributed by atoms with E-state index in [-0.39, 0.29) is 11.7 Å². The van der Waals surface area contributed by atoms with Crippen LogP contribution in [-0.4, -0.2) is 24.6 Å². The number of hydrogen-bond acceptors (Lipinski definition) is 3. The highest BCUT2D eigenvalue weighted by Gasteiger charge is 2.04. The SMILES string of the molecule is CN=C(N)NCc1ccc(OC(F)F)cn1. The Balaban J connectivity index is 2.51. The van der Waals surface area contributed by atoms with Crippen molar-refractivity contribution in [3.8, 4) is 5.75 Å². The first kappa shape index (κ1) is 12.2. The molecular weight excluding hydrogens is 218 g/mol. The zero-order valence-corrected chi connectivity index (χ0v) is 8.65. The molecule has 0 saturated heterocycles. The molecule has 0 aliphatic carbocycles. The van der Waals surface area contributed by atoms with Gasteiger partial charge < -0.3 is 15.8 Å². The number of ether oxygens (including phenoxy) is 1. The summed E-state index contributed by atoms with van der Waals surface area (Å²) in [5, 5.41) is 2.79. The van der Waals surface area contributed by atoms with Crippen LogP contribution in [-0.2, 0) is 6.54 Å². The van der Waals surface area contributed by atoms with Crippen molar-refractivity contribution >= 4 is 5.96 Å². The lowest BCUT2D eigenvalue weighted by atomic mass is 10.3. The number of nitrogens with zero attached hydrogens (tertiary/aromatic N) is 2. The number of nitrogens with one attached hydrogen (secondary N) is 1. The summed E-state index contributed by atoms with van der Waals surface area (Å²) in [6.07, 6.45) is 1.22. The van der Waals surface area contributed by atoms with Crippen LogP contribution in [0.2, 0.25) is 0 Å². The maximum absolute atomic E-state index is 11.8. The molecule has 1 aromatic rings. The summed E-state index contributed by atoms with van der Waals surface area (Å²) in [5.74, 6) is 0.311. The van der Waals surface area contributed by atoms with Crippen molar-refractivity contribution < 1.29 is 13.5 Å². The Bertz CT molecular complexity index is 353. The second-order valence-corrected chi connectivity index (χ2v) is 2.83. The third kappa shape index (κ3) is 4.07. The molecule has 0 radical (unpaired) electrons. The molecule has 16 heavy (non-hydrogen) atoms. The first-order valence-electron chi connectivity index (χ1n) is 4.47. The van der Waals surface area contributed by atoms with Crippen molar-refractivity contribution in [3.05, 3.63) is 24.0 Å². The lowest BCUT2D eigenvalue weighted by molar-refractivity contribution is -0.0500. The first-order chi connectivity index (χ1) is 7.61. The van der Waals surface area contributed by atoms with Gasteiger partial charge in [-0.05, 0) is 12.1 Å². The molecular formula is C9H12F2N4O. The molecule has 3 N–H and O–H groups in total. The molecule has 1 aromatic heterocycles. The number of nitrogens with two attached hydrogens (primary N) is 1. The zero-order chi connectivity index (χ0) is 12.0. The summed E-state index contributed by atoms with van der Waals surface area (Å²) in [4.78, 5) is 7.60. The molecule has 1 heterocycles. The lowest BCUT2D eigenvalue weighted by Gasteiger charge is -2.06. The van der Waals surface area contributed by atoms with E-state index >= 15 is 0 Å². The molecule has 0 aliphatic heterocycles. The molecule has 0 aromatic carbocycles. The molecule has 5 nitrogen and oxygen atoms in total. The second-order valence-electron chi connectivity index (χ2n) is 2.83. The highest BCUT2D eigenvalue weighted by atomic mass is 19.3. The van der Waals surface area contributed by atoms with Crippen LogP contribution in [0.5, 0.6) is 5.75 Å². The maximum Gasteiger partial charge on any atom is 0.387 e. The van der Waals surface area contributed by atoms with E-state index in [4.69, 9.17) is 5.73 Å². The Kier molecular flexibility index (Phi) is 4.43. The second kappa shape index (κ2) is 5.84. The third-order valence-corrected chi connectivity index (χ3v) is 1.71. The van der Waals surface area contributed by atoms with E-state index in [1.807, 2.05) is 0 Å². The predicted octanol–water partition coefficient (Wildman–Crippen LogP) is 0.717. The Morgan fingerprint density at radius 2 is 2.38 bits per heavy atom. The minimum absolute atomic E-state index is 0.0240. The van der Waals surface area contributed by atoms with Crippen LogP contribution in [0.15, 0.2) is 23.3 Å². The average Bonchev–Trinajstić information content (AvgIpc) is 2.27. The monoisotopic (exact) mass is 230 g/mol. The summed E-state index contributed by atoms with van der Waals surface area (Å²) in [6, 6.07) is 2.98. The van der Waals surface area contributed by atoms with Gasteiger partial charge >= 0.3 is 6.61 Å². The molecule has 1 rings (SSSR count). The van der Waals surface area contributed by atoms with Gasteiger partial charge in [-0.2, -0.15) is 8.78 Å². The Morgan fingerprint density at radius 1 is 1.62 bits per heavy atom. The number of hydrogen-bond donors (Lipinski definition) is 2. The standard InChI is InChI=1S/C9H12F2N4O/c1-13-9(12)15-4-6-2-3-7(5-14-6)16-8(10)11/h2-3,5,8H,4H2,1H3,(H3,12,13,15). The smallest absolute Gasteiger partial charge is 0.387 e. The maximum atomic E-state index is 11.8. The van der Waals surface area contributed by atoms with Crippen LogP contribution in [0.25, 0.3) is 0 Å². The minimum atomic E-state index is -2.84. The summed E-state index contributed by atoms with van der Waals surface area (Å²) in [6.45, 7) is -2.47. The van der Waals surface area contributed by atoms with Gasteiger partial charge in [0.2, 0.25) is 0 Å². The highest BCUT2D eigenvalue weighted by molar-refractivity contribution is 5.77. The van der Waals surface area contributed by atoms with Gasteiger partial charge in [0.1, 0.15) is 5.75 Å². The first-order valence-corrected chi connectivity index (χ1v) is 4.47. The lowest BCUT2D eigenvalue weighted by Crippen LogP contribution is -2.31. The fourth-order valence-electron chi connectivity index (χ4n) is 0.948. The van der Waals surface area contributed by atoms with Crippen molar-refractivity contribution in [3.63, 3.8) is 0 Å². The van der Waals surface area contributed by atoms with E-state index in [9.17, 15) is 8.78 Å². The van der Waals surface area contributed by atoms with Crippen LogP contribution in [0, 0.1) is 0 Å². The van der Waals surface area contributed by atoms with Gasteiger partial charge in [0, 0.05) is 7.05 Å². The quantitative estimate of drug-likeness (QED) is 0.590. The average molecular weight is 230 g/mol. The van der Waals surface area contributed by atoms with Crippen molar-refractivity contribution in [1.82, 2.24) is 10.3 Å². The van der Waals surface area contributed by atoms with E-state index in [1.165, 1.54) is 12.3 Å². The molecule has 0 aliphatic rings. The normalized spacial score (nSPS) is 11.6. The van der Waals surface area contributed by atoms with E-state index in [0.717, 1.165) is 0 Å². The molecule has 7 heteroatoms. The summed E-state index contributed by atoms with van der Waals surface area (Å²) >= 11 is 0. The number of pyridine rings is 1. The zero-order valence-electron chi connectivity index (χ0n) is 8.65. The molecule has 0 atom stereocenters. The molecule has 0 amide bonds. The fraction of sp³-hybridized carbons (Fsp3) is 0.333. The van der Waals surface area contributed by atoms with E-state index in [0.29, 0.717) is 12.2 Å². The molecule has 0 spiro atoms. The van der Waals surface area contributed by atoms with Gasteiger partial charge in [-0.3, -0.25) is 9.98 Å². The van der Waals surface area contributed by atoms with Crippen LogP contribution >= 0.6 is 0 Å². The van der Waals surface area contributed by atoms with E-state index in [1.54, 1.807) is 13.1 Å². The van der Waals surface area contributed by atoms with Crippen molar-refractivity contribution in [1.29, 1.82) is 0 Å². The number of rotatable bonds is 4. The van der Waals surface area contributed by atoms with Crippen LogP contribution in [0.1, 0.15) is 5.69 Å². The van der Waals surface area contributed by atoms with Gasteiger partial charge in [0.25, 0.3) is 0 Å². The number of guanidine groups is 1. The van der Waals surface area contributed by atoms with Crippen molar-refractivity contribution in [2.45, 2.75) is 13.2 Å². The summed E-state index contributed by atoms with van der Waals surface area (Å²) in [5.41, 5.74) is 6.05. The summed E-state index contributed by atoms with van der Waals surface area (Å²) < 4.78 is 27.8. The minimum Gasteiger partial charge on any atom is -0.433 e. The Morgan fingerprint density at radius 3 is 2.88 bits per heavy atom. The molecule has 0 unspecified atom stereocenters. The molecule has 88 valence electrons. The Labute approximate surface area is 91.3 Å². The van der Waals surface area contributed by atoms with E-state index in [2.05, 4.69) is 20.0 Å².